The predicted octanol–water partition coefficient (Wildman–Crippen LogP) is 4.03. The van der Waals surface area contributed by atoms with Gasteiger partial charge in [0.2, 0.25) is 5.91 Å². The number of carbonyl (C=O) groups excluding carboxylic acids is 3. The average molecular weight is 519 g/mol. The summed E-state index contributed by atoms with van der Waals surface area (Å²) < 4.78 is 14.8. The molecule has 8 heteroatoms. The van der Waals surface area contributed by atoms with Crippen molar-refractivity contribution in [3.8, 4) is 11.5 Å². The molecule has 0 bridgehead atoms. The van der Waals surface area contributed by atoms with Crippen LogP contribution in [-0.4, -0.2) is 71.2 Å². The Morgan fingerprint density at radius 3 is 1.84 bits per heavy atom. The first kappa shape index (κ1) is 27.0. The second-order valence-corrected chi connectivity index (χ2v) is 10.1. The Kier molecular flexibility index (Phi) is 7.92. The van der Waals surface area contributed by atoms with Gasteiger partial charge in [-0.1, -0.05) is 36.4 Å². The van der Waals surface area contributed by atoms with Gasteiger partial charge in [-0.15, -0.1) is 0 Å². The number of aromatic hydroxyl groups is 2. The summed E-state index contributed by atoms with van der Waals surface area (Å²) in [6.07, 6.45) is 0. The Hall–Kier alpha value is -4.04. The summed E-state index contributed by atoms with van der Waals surface area (Å²) in [5.74, 6) is -4.11. The largest absolute Gasteiger partial charge is 0.508 e. The molecule has 3 aromatic rings. The van der Waals surface area contributed by atoms with Gasteiger partial charge in [0, 0.05) is 42.0 Å². The smallest absolute Gasteiger partial charge is 0.236 e. The fraction of sp³-hybridized carbons (Fsp3) is 0.300. The maximum atomic E-state index is 14.8. The van der Waals surface area contributed by atoms with E-state index in [0.717, 1.165) is 0 Å². The lowest BCUT2D eigenvalue weighted by atomic mass is 9.67. The molecule has 2 N–H and O–H groups in total. The minimum atomic E-state index is -0.886. The van der Waals surface area contributed by atoms with Gasteiger partial charge >= 0.3 is 0 Å². The molecular formula is C30H31FN2O5. The molecule has 38 heavy (non-hydrogen) atoms. The Labute approximate surface area is 221 Å². The molecule has 198 valence electrons. The Morgan fingerprint density at radius 2 is 1.37 bits per heavy atom. The zero-order valence-corrected chi connectivity index (χ0v) is 21.6. The molecular weight excluding hydrogens is 487 g/mol. The van der Waals surface area contributed by atoms with Gasteiger partial charge in [0.05, 0.1) is 6.54 Å². The molecule has 1 amide bonds. The first-order chi connectivity index (χ1) is 18.1. The number of hydrogen-bond donors (Lipinski definition) is 2. The van der Waals surface area contributed by atoms with Gasteiger partial charge in [-0.3, -0.25) is 14.4 Å². The standard InChI is InChI=1S/C30H31FN2O5/c1-18-23(11-6-12-26(18)31)28-24(29(37)19-7-4-9-21(34)13-19)15-33(27(36)17-32(2)3)16-25(28)30(38)20-8-5-10-22(35)14-20/h4-14,24-25,28,34-35H,15-17H2,1-3H3. The summed E-state index contributed by atoms with van der Waals surface area (Å²) in [7, 11) is 3.51. The van der Waals surface area contributed by atoms with Crippen molar-refractivity contribution in [2.75, 3.05) is 33.7 Å². The van der Waals surface area contributed by atoms with Crippen molar-refractivity contribution in [1.29, 1.82) is 0 Å². The van der Waals surface area contributed by atoms with Crippen molar-refractivity contribution in [1.82, 2.24) is 9.80 Å². The lowest BCUT2D eigenvalue weighted by molar-refractivity contribution is -0.134. The average Bonchev–Trinajstić information content (AvgIpc) is 2.88. The van der Waals surface area contributed by atoms with E-state index in [1.165, 1.54) is 35.2 Å². The highest BCUT2D eigenvalue weighted by Gasteiger charge is 2.46. The van der Waals surface area contributed by atoms with E-state index in [9.17, 15) is 29.0 Å². The number of benzene rings is 3. The summed E-state index contributed by atoms with van der Waals surface area (Å²) in [6, 6.07) is 16.4. The van der Waals surface area contributed by atoms with Crippen molar-refractivity contribution in [2.45, 2.75) is 12.8 Å². The molecule has 1 aliphatic heterocycles. The topological polar surface area (TPSA) is 98.2 Å². The predicted molar refractivity (Wildman–Crippen MR) is 141 cm³/mol. The number of phenolic OH excluding ortho intramolecular Hbond substituents is 2. The highest BCUT2D eigenvalue weighted by molar-refractivity contribution is 6.03. The van der Waals surface area contributed by atoms with Crippen LogP contribution in [0.4, 0.5) is 4.39 Å². The molecule has 1 aliphatic rings. The number of phenols is 2. The van der Waals surface area contributed by atoms with E-state index in [-0.39, 0.29) is 59.7 Å². The second-order valence-electron chi connectivity index (χ2n) is 10.1. The van der Waals surface area contributed by atoms with E-state index < -0.39 is 23.6 Å². The Morgan fingerprint density at radius 1 is 0.868 bits per heavy atom. The fourth-order valence-electron chi connectivity index (χ4n) is 5.29. The summed E-state index contributed by atoms with van der Waals surface area (Å²) in [5.41, 5.74) is 1.31. The van der Waals surface area contributed by atoms with Gasteiger partial charge < -0.3 is 20.0 Å². The highest BCUT2D eigenvalue weighted by atomic mass is 19.1. The number of Topliss-reactive ketones (excluding diaryl/α,β-unsaturated/α-hetero) is 2. The quantitative estimate of drug-likeness (QED) is 0.459. The number of halogens is 1. The molecule has 1 heterocycles. The van der Waals surface area contributed by atoms with E-state index in [0.29, 0.717) is 11.1 Å². The zero-order valence-electron chi connectivity index (χ0n) is 21.6. The highest BCUT2D eigenvalue weighted by Crippen LogP contribution is 2.42. The minimum absolute atomic E-state index is 0.0333. The van der Waals surface area contributed by atoms with Crippen molar-refractivity contribution < 1.29 is 29.0 Å². The first-order valence-corrected chi connectivity index (χ1v) is 12.4. The number of rotatable bonds is 7. The summed E-state index contributed by atoms with van der Waals surface area (Å²) in [5, 5.41) is 20.1. The first-order valence-electron chi connectivity index (χ1n) is 12.4. The van der Waals surface area contributed by atoms with Gasteiger partial charge in [0.15, 0.2) is 11.6 Å². The third-order valence-corrected chi connectivity index (χ3v) is 7.11. The molecule has 7 nitrogen and oxygen atoms in total. The maximum Gasteiger partial charge on any atom is 0.236 e. The van der Waals surface area contributed by atoms with Crippen molar-refractivity contribution in [2.24, 2.45) is 11.8 Å². The lowest BCUT2D eigenvalue weighted by Gasteiger charge is -2.43. The van der Waals surface area contributed by atoms with Crippen LogP contribution in [0.25, 0.3) is 0 Å². The SMILES string of the molecule is Cc1c(F)cccc1C1C(C(=O)c2cccc(O)c2)CN(C(=O)CN(C)C)CC1C(=O)c1cccc(O)c1. The number of nitrogens with zero attached hydrogens (tertiary/aromatic N) is 2. The number of hydrogen-bond acceptors (Lipinski definition) is 6. The van der Waals surface area contributed by atoms with Gasteiger partial charge in [-0.2, -0.15) is 0 Å². The van der Waals surface area contributed by atoms with Crippen molar-refractivity contribution in [3.63, 3.8) is 0 Å². The van der Waals surface area contributed by atoms with Crippen LogP contribution in [0, 0.1) is 24.6 Å². The number of likely N-dealkylation sites (tertiary alicyclic amines) is 1. The van der Waals surface area contributed by atoms with Crippen molar-refractivity contribution in [3.05, 3.63) is 94.8 Å². The molecule has 1 saturated heterocycles. The van der Waals surface area contributed by atoms with Crippen LogP contribution >= 0.6 is 0 Å². The van der Waals surface area contributed by atoms with Crippen LogP contribution < -0.4 is 0 Å². The number of likely N-dealkylation sites (N-methyl/N-ethyl adjacent to an activating group) is 1. The van der Waals surface area contributed by atoms with E-state index in [1.807, 2.05) is 0 Å². The molecule has 0 saturated carbocycles. The zero-order chi connectivity index (χ0) is 27.6. The van der Waals surface area contributed by atoms with Crippen LogP contribution in [-0.2, 0) is 4.79 Å². The summed E-state index contributed by atoms with van der Waals surface area (Å²) >= 11 is 0. The molecule has 3 aromatic carbocycles. The Bertz CT molecular complexity index is 1300. The van der Waals surface area contributed by atoms with E-state index in [1.54, 1.807) is 62.3 Å². The van der Waals surface area contributed by atoms with Gasteiger partial charge in [0.1, 0.15) is 17.3 Å². The third-order valence-electron chi connectivity index (χ3n) is 7.11. The van der Waals surface area contributed by atoms with E-state index in [2.05, 4.69) is 0 Å². The summed E-state index contributed by atoms with van der Waals surface area (Å²) in [6.45, 7) is 1.76. The van der Waals surface area contributed by atoms with Gasteiger partial charge in [0.25, 0.3) is 0 Å². The monoisotopic (exact) mass is 518 g/mol. The minimum Gasteiger partial charge on any atom is -0.508 e. The van der Waals surface area contributed by atoms with Gasteiger partial charge in [-0.25, -0.2) is 4.39 Å². The molecule has 2 atom stereocenters. The normalized spacial score (nSPS) is 19.4. The molecule has 0 radical (unpaired) electrons. The molecule has 1 fully saturated rings. The van der Waals surface area contributed by atoms with Crippen LogP contribution in [0.15, 0.2) is 66.7 Å². The van der Waals surface area contributed by atoms with Crippen LogP contribution in [0.2, 0.25) is 0 Å². The van der Waals surface area contributed by atoms with Crippen LogP contribution in [0.3, 0.4) is 0 Å². The molecule has 0 aromatic heterocycles. The number of ketones is 2. The fourth-order valence-corrected chi connectivity index (χ4v) is 5.29. The van der Waals surface area contributed by atoms with E-state index in [4.69, 9.17) is 0 Å². The number of carbonyl (C=O) groups is 3. The number of amides is 1. The molecule has 0 spiro atoms. The number of piperidine rings is 1. The van der Waals surface area contributed by atoms with Crippen molar-refractivity contribution >= 4 is 17.5 Å². The van der Waals surface area contributed by atoms with Crippen LogP contribution in [0.1, 0.15) is 37.8 Å². The lowest BCUT2D eigenvalue weighted by Crippen LogP contribution is -2.54. The molecule has 4 rings (SSSR count). The van der Waals surface area contributed by atoms with Gasteiger partial charge in [-0.05, 0) is 62.5 Å². The van der Waals surface area contributed by atoms with E-state index >= 15 is 0 Å². The Balaban J connectivity index is 1.89. The maximum absolute atomic E-state index is 14.8. The second kappa shape index (κ2) is 11.1. The summed E-state index contributed by atoms with van der Waals surface area (Å²) in [4.78, 5) is 44.4. The third kappa shape index (κ3) is 5.60. The molecule has 2 unspecified atom stereocenters. The molecule has 0 aliphatic carbocycles. The van der Waals surface area contributed by atoms with Crippen LogP contribution in [0.5, 0.6) is 11.5 Å².